The second-order valence-electron chi connectivity index (χ2n) is 6.48. The smallest absolute Gasteiger partial charge is 0.237 e. The molecular formula is C25H38N2O2. The fourth-order valence-electron chi connectivity index (χ4n) is 2.61. The van der Waals surface area contributed by atoms with E-state index in [9.17, 15) is 9.59 Å². The molecule has 160 valence electrons. The molecule has 4 nitrogen and oxygen atoms in total. The summed E-state index contributed by atoms with van der Waals surface area (Å²) in [6.07, 6.45) is 0.680. The molecule has 0 aromatic heterocycles. The highest BCUT2D eigenvalue weighted by molar-refractivity contribution is 5.87. The first kappa shape index (κ1) is 26.5. The Morgan fingerprint density at radius 3 is 1.86 bits per heavy atom. The van der Waals surface area contributed by atoms with E-state index in [1.165, 1.54) is 29.2 Å². The molecule has 0 saturated heterocycles. The Morgan fingerprint density at radius 2 is 1.38 bits per heavy atom. The van der Waals surface area contributed by atoms with E-state index in [4.69, 9.17) is 0 Å². The van der Waals surface area contributed by atoms with Crippen LogP contribution in [0.2, 0.25) is 0 Å². The highest BCUT2D eigenvalue weighted by atomic mass is 16.2. The molecule has 2 aromatic rings. The molecule has 0 unspecified atom stereocenters. The first-order valence-electron chi connectivity index (χ1n) is 10.6. The third-order valence-electron chi connectivity index (χ3n) is 4.13. The van der Waals surface area contributed by atoms with E-state index in [2.05, 4.69) is 54.8 Å². The number of amides is 1. The van der Waals surface area contributed by atoms with Crippen LogP contribution in [-0.4, -0.2) is 24.3 Å². The number of ketones is 1. The molecule has 0 bridgehead atoms. The minimum Gasteiger partial charge on any atom is -0.348 e. The number of hydrogen-bond acceptors (Lipinski definition) is 3. The number of Topliss-reactive ketones (excluding diaryl/α,β-unsaturated/α-hetero) is 1. The van der Waals surface area contributed by atoms with Crippen molar-refractivity contribution in [3.05, 3.63) is 70.8 Å². The average Bonchev–Trinajstić information content (AvgIpc) is 2.77. The fraction of sp³-hybridized carbons (Fsp3) is 0.440. The van der Waals surface area contributed by atoms with Crippen LogP contribution < -0.4 is 10.6 Å². The van der Waals surface area contributed by atoms with Crippen LogP contribution in [0.15, 0.2) is 48.5 Å². The maximum Gasteiger partial charge on any atom is 0.237 e. The summed E-state index contributed by atoms with van der Waals surface area (Å²) in [6.45, 7) is 14.5. The van der Waals surface area contributed by atoms with Gasteiger partial charge in [0.15, 0.2) is 0 Å². The summed E-state index contributed by atoms with van der Waals surface area (Å²) < 4.78 is 0. The van der Waals surface area contributed by atoms with Crippen LogP contribution in [0.25, 0.3) is 0 Å². The van der Waals surface area contributed by atoms with Gasteiger partial charge in [-0.2, -0.15) is 0 Å². The van der Waals surface area contributed by atoms with Crippen molar-refractivity contribution in [2.24, 2.45) is 0 Å². The molecule has 29 heavy (non-hydrogen) atoms. The van der Waals surface area contributed by atoms with E-state index in [0.29, 0.717) is 13.0 Å². The summed E-state index contributed by atoms with van der Waals surface area (Å²) in [4.78, 5) is 22.6. The van der Waals surface area contributed by atoms with Gasteiger partial charge in [0.25, 0.3) is 0 Å². The maximum absolute atomic E-state index is 11.8. The first-order chi connectivity index (χ1) is 14.0. The number of carbonyl (C=O) groups excluding carboxylic acids is 2. The lowest BCUT2D eigenvalue weighted by molar-refractivity contribution is -0.126. The molecule has 0 aliphatic carbocycles. The number of rotatable bonds is 3. The molecule has 0 fully saturated rings. The van der Waals surface area contributed by atoms with Crippen molar-refractivity contribution in [2.45, 2.75) is 67.5 Å². The Labute approximate surface area is 177 Å². The third kappa shape index (κ3) is 10.6. The second kappa shape index (κ2) is 15.5. The zero-order valence-corrected chi connectivity index (χ0v) is 19.1. The van der Waals surface area contributed by atoms with Crippen LogP contribution in [0.5, 0.6) is 0 Å². The van der Waals surface area contributed by atoms with Gasteiger partial charge in [-0.25, -0.2) is 0 Å². The highest BCUT2D eigenvalue weighted by Crippen LogP contribution is 2.16. The largest absolute Gasteiger partial charge is 0.348 e. The highest BCUT2D eigenvalue weighted by Gasteiger charge is 2.23. The molecule has 4 heteroatoms. The predicted molar refractivity (Wildman–Crippen MR) is 123 cm³/mol. The monoisotopic (exact) mass is 398 g/mol. The molecule has 0 spiro atoms. The molecule has 2 aromatic carbocycles. The van der Waals surface area contributed by atoms with E-state index >= 15 is 0 Å². The lowest BCUT2D eigenvalue weighted by Crippen LogP contribution is -2.48. The summed E-state index contributed by atoms with van der Waals surface area (Å²) in [5, 5.41) is 5.81. The molecule has 2 N–H and O–H groups in total. The van der Waals surface area contributed by atoms with Gasteiger partial charge in [-0.05, 0) is 38.3 Å². The van der Waals surface area contributed by atoms with Gasteiger partial charge in [0.2, 0.25) is 5.91 Å². The number of fused-ring (bicyclic) bond motifs is 1. The van der Waals surface area contributed by atoms with Crippen molar-refractivity contribution in [1.82, 2.24) is 10.6 Å². The second-order valence-corrected chi connectivity index (χ2v) is 6.48. The van der Waals surface area contributed by atoms with Crippen molar-refractivity contribution in [2.75, 3.05) is 6.54 Å². The summed E-state index contributed by atoms with van der Waals surface area (Å²) >= 11 is 0. The lowest BCUT2D eigenvalue weighted by Gasteiger charge is -2.25. The summed E-state index contributed by atoms with van der Waals surface area (Å²) in [5.74, 6) is -0.135. The minimum absolute atomic E-state index is 0.0328. The van der Waals surface area contributed by atoms with Crippen LogP contribution in [0.1, 0.15) is 56.9 Å². The van der Waals surface area contributed by atoms with Crippen molar-refractivity contribution in [1.29, 1.82) is 0 Å². The lowest BCUT2D eigenvalue weighted by atomic mass is 9.95. The summed E-state index contributed by atoms with van der Waals surface area (Å²) in [6, 6.07) is 16.3. The molecule has 1 amide bonds. The quantitative estimate of drug-likeness (QED) is 0.783. The molecular weight excluding hydrogens is 360 g/mol. The molecule has 3 rings (SSSR count). The third-order valence-corrected chi connectivity index (χ3v) is 4.13. The van der Waals surface area contributed by atoms with Gasteiger partial charge in [0, 0.05) is 6.54 Å². The molecule has 1 aliphatic rings. The van der Waals surface area contributed by atoms with Crippen LogP contribution in [0.4, 0.5) is 0 Å². The fourth-order valence-corrected chi connectivity index (χ4v) is 2.61. The van der Waals surface area contributed by atoms with Gasteiger partial charge in [0.05, 0.1) is 12.6 Å². The Hall–Kier alpha value is -2.46. The van der Waals surface area contributed by atoms with E-state index < -0.39 is 0 Å². The van der Waals surface area contributed by atoms with Crippen molar-refractivity contribution in [3.8, 4) is 0 Å². The van der Waals surface area contributed by atoms with Crippen LogP contribution in [0, 0.1) is 13.8 Å². The van der Waals surface area contributed by atoms with E-state index in [0.717, 1.165) is 0 Å². The first-order valence-corrected chi connectivity index (χ1v) is 10.6. The van der Waals surface area contributed by atoms with Gasteiger partial charge < -0.3 is 10.6 Å². The van der Waals surface area contributed by atoms with E-state index in [-0.39, 0.29) is 24.3 Å². The number of carbonyl (C=O) groups is 2. The predicted octanol–water partition coefficient (Wildman–Crippen LogP) is 4.76. The zero-order chi connectivity index (χ0) is 22.2. The molecule has 1 aliphatic heterocycles. The van der Waals surface area contributed by atoms with Crippen molar-refractivity contribution >= 4 is 11.7 Å². The molecule has 1 atom stereocenters. The van der Waals surface area contributed by atoms with Crippen LogP contribution >= 0.6 is 0 Å². The average molecular weight is 399 g/mol. The molecule has 1 heterocycles. The molecule has 0 saturated carbocycles. The zero-order valence-electron chi connectivity index (χ0n) is 19.1. The van der Waals surface area contributed by atoms with Crippen LogP contribution in [0.3, 0.4) is 0 Å². The van der Waals surface area contributed by atoms with Gasteiger partial charge in [-0.1, -0.05) is 87.4 Å². The number of benzene rings is 2. The Kier molecular flexibility index (Phi) is 14.1. The Bertz CT molecular complexity index is 703. The number of nitrogens with one attached hydrogen (secondary N) is 2. The van der Waals surface area contributed by atoms with Crippen molar-refractivity contribution in [3.63, 3.8) is 0 Å². The van der Waals surface area contributed by atoms with Gasteiger partial charge in [-0.15, -0.1) is 0 Å². The Morgan fingerprint density at radius 1 is 0.897 bits per heavy atom. The normalized spacial score (nSPS) is 13.7. The maximum atomic E-state index is 11.8. The van der Waals surface area contributed by atoms with Gasteiger partial charge in [0.1, 0.15) is 5.78 Å². The van der Waals surface area contributed by atoms with Gasteiger partial charge >= 0.3 is 0 Å². The topological polar surface area (TPSA) is 58.2 Å². The summed E-state index contributed by atoms with van der Waals surface area (Å²) in [7, 11) is 0. The number of hydrogen-bond donors (Lipinski definition) is 2. The minimum atomic E-state index is -0.232. The summed E-state index contributed by atoms with van der Waals surface area (Å²) in [5.41, 5.74) is 5.10. The van der Waals surface area contributed by atoms with Crippen molar-refractivity contribution < 1.29 is 9.59 Å². The SMILES string of the molecule is CC.CC.CC(=O)CNC(=O)[C@H]1Cc2ccccc2CN1.Cc1ccc(C)cc1. The van der Waals surface area contributed by atoms with Crippen LogP contribution in [-0.2, 0) is 22.6 Å². The standard InChI is InChI=1S/C13H16N2O2.C8H10.2C2H6/c1-9(16)7-15-13(17)12-6-10-4-2-3-5-11(10)8-14-12;1-7-3-5-8(2)6-4-7;2*1-2/h2-5,12,14H,6-8H2,1H3,(H,15,17);3-6H,1-2H3;2*1-2H3/t12-;;;/m1.../s1. The molecule has 0 radical (unpaired) electrons. The number of aryl methyl sites for hydroxylation is 2. The van der Waals surface area contributed by atoms with Gasteiger partial charge in [-0.3, -0.25) is 9.59 Å². The van der Waals surface area contributed by atoms with E-state index in [1.54, 1.807) is 0 Å². The Balaban J connectivity index is 0.000000547. The van der Waals surface area contributed by atoms with E-state index in [1.807, 2.05) is 45.9 Å².